The SMILES string of the molecule is O=C1[B][B][B][B][B]CN2CC3(CCCc4cc(Cl)ccc43)COc3ccc(cc32)S(=O)(=O)N1. The van der Waals surface area contributed by atoms with Crippen molar-refractivity contribution in [2.75, 3.05) is 24.5 Å². The largest absolute Gasteiger partial charge is 0.490 e. The maximum absolute atomic E-state index is 12.8. The second-order valence-electron chi connectivity index (χ2n) is 8.68. The first kappa shape index (κ1) is 22.8. The summed E-state index contributed by atoms with van der Waals surface area (Å²) in [7, 11) is 4.26. The third-order valence-corrected chi connectivity index (χ3v) is 8.07. The highest BCUT2D eigenvalue weighted by molar-refractivity contribution is 7.90. The molecule has 3 aliphatic rings. The van der Waals surface area contributed by atoms with E-state index in [2.05, 4.69) is 15.7 Å². The molecule has 1 atom stereocenters. The van der Waals surface area contributed by atoms with Crippen LogP contribution in [0.25, 0.3) is 0 Å². The molecule has 2 aromatic carbocycles. The number of rotatable bonds is 0. The van der Waals surface area contributed by atoms with Crippen LogP contribution in [0, 0.1) is 0 Å². The summed E-state index contributed by atoms with van der Waals surface area (Å²) in [6, 6.07) is 10.8. The third kappa shape index (κ3) is 4.56. The average Bonchev–Trinajstić information content (AvgIpc) is 2.92. The number of benzene rings is 2. The predicted molar refractivity (Wildman–Crippen MR) is 135 cm³/mol. The Morgan fingerprint density at radius 2 is 2.00 bits per heavy atom. The monoisotopic (exact) mass is 473 g/mol. The van der Waals surface area contributed by atoms with Crippen molar-refractivity contribution in [1.82, 2.24) is 4.72 Å². The van der Waals surface area contributed by atoms with E-state index in [-0.39, 0.29) is 10.3 Å². The number of carbonyl (C=O) groups excluding carboxylic acids is 1. The van der Waals surface area contributed by atoms with Crippen molar-refractivity contribution in [1.29, 1.82) is 0 Å². The molecule has 2 aliphatic heterocycles. The number of halogens is 1. The van der Waals surface area contributed by atoms with Gasteiger partial charge in [0.05, 0.1) is 24.4 Å². The van der Waals surface area contributed by atoms with Gasteiger partial charge in [0.25, 0.3) is 10.0 Å². The van der Waals surface area contributed by atoms with E-state index in [9.17, 15) is 13.2 Å². The van der Waals surface area contributed by atoms with E-state index in [0.717, 1.165) is 24.3 Å². The number of hydrogen-bond acceptors (Lipinski definition) is 5. The van der Waals surface area contributed by atoms with Crippen LogP contribution in [0.15, 0.2) is 41.3 Å². The molecule has 6 nitrogen and oxygen atoms in total. The second kappa shape index (κ2) is 9.03. The van der Waals surface area contributed by atoms with Crippen molar-refractivity contribution < 1.29 is 17.9 Å². The van der Waals surface area contributed by atoms with Crippen LogP contribution < -0.4 is 14.4 Å². The van der Waals surface area contributed by atoms with E-state index in [1.54, 1.807) is 19.2 Å². The quantitative estimate of drug-likeness (QED) is 0.586. The Kier molecular flexibility index (Phi) is 6.25. The Balaban J connectivity index is 1.58. The number of anilines is 1. The van der Waals surface area contributed by atoms with Gasteiger partial charge < -0.3 is 9.64 Å². The van der Waals surface area contributed by atoms with E-state index in [4.69, 9.17) is 16.3 Å². The molecule has 161 valence electrons. The summed E-state index contributed by atoms with van der Waals surface area (Å²) in [5.41, 5.74) is 2.94. The molecule has 0 saturated heterocycles. The standard InChI is InChI=1S/C20H19B5ClN2O4S/c26-14-3-5-16-13(8-14)2-1-7-20(16)10-28-12-21-23-25-24-22-19(29)27-33(30,31)15-4-6-18(32-11-20)17(28)9-15/h3-6,8-9H,1-2,7,10-12H2,(H,27,29). The Labute approximate surface area is 203 Å². The van der Waals surface area contributed by atoms with Gasteiger partial charge >= 0.3 is 0 Å². The number of nitrogens with one attached hydrogen (secondary N) is 1. The van der Waals surface area contributed by atoms with Crippen LogP contribution in [-0.2, 0) is 21.9 Å². The van der Waals surface area contributed by atoms with Gasteiger partial charge in [-0.15, -0.1) is 0 Å². The van der Waals surface area contributed by atoms with Gasteiger partial charge in [-0.25, -0.2) is 8.42 Å². The molecule has 5 rings (SSSR count). The van der Waals surface area contributed by atoms with Crippen molar-refractivity contribution in [2.24, 2.45) is 0 Å². The van der Waals surface area contributed by atoms with Crippen LogP contribution in [0.1, 0.15) is 24.0 Å². The van der Waals surface area contributed by atoms with Crippen LogP contribution in [0.2, 0.25) is 5.02 Å². The Morgan fingerprint density at radius 3 is 2.88 bits per heavy atom. The van der Waals surface area contributed by atoms with Gasteiger partial charge in [-0.1, -0.05) is 17.7 Å². The zero-order valence-corrected chi connectivity index (χ0v) is 19.5. The predicted octanol–water partition coefficient (Wildman–Crippen LogP) is 1.36. The topological polar surface area (TPSA) is 75.7 Å². The molecular weight excluding hydrogens is 454 g/mol. The van der Waals surface area contributed by atoms with E-state index in [1.165, 1.54) is 31.4 Å². The molecule has 0 saturated carbocycles. The number of nitrogens with zero attached hydrogens (tertiary/aromatic N) is 1. The number of carbonyl (C=O) groups is 1. The first-order valence-electron chi connectivity index (χ1n) is 10.9. The van der Waals surface area contributed by atoms with Gasteiger partial charge in [0.15, 0.2) is 13.0 Å². The number of fused-ring (bicyclic) bond motifs is 3. The van der Waals surface area contributed by atoms with Gasteiger partial charge in [-0.05, 0) is 67.2 Å². The number of hydrogen-bond donors (Lipinski definition) is 1. The van der Waals surface area contributed by atoms with Crippen molar-refractivity contribution >= 4 is 68.6 Å². The summed E-state index contributed by atoms with van der Waals surface area (Å²) >= 11 is 6.28. The zero-order valence-electron chi connectivity index (χ0n) is 18.0. The first-order chi connectivity index (χ1) is 15.9. The zero-order chi connectivity index (χ0) is 23.1. The van der Waals surface area contributed by atoms with Crippen LogP contribution in [-0.4, -0.2) is 69.3 Å². The molecule has 0 aromatic heterocycles. The highest BCUT2D eigenvalue weighted by Crippen LogP contribution is 2.44. The minimum absolute atomic E-state index is 0.0237. The molecule has 1 amide bonds. The molecule has 2 aromatic rings. The molecule has 1 unspecified atom stereocenters. The van der Waals surface area contributed by atoms with E-state index in [0.29, 0.717) is 31.0 Å². The smallest absolute Gasteiger partial charge is 0.263 e. The van der Waals surface area contributed by atoms with E-state index in [1.807, 2.05) is 26.4 Å². The van der Waals surface area contributed by atoms with Gasteiger partial charge in [-0.2, -0.15) is 0 Å². The minimum Gasteiger partial charge on any atom is -0.490 e. The maximum atomic E-state index is 12.8. The van der Waals surface area contributed by atoms with Crippen molar-refractivity contribution in [3.8, 4) is 5.75 Å². The first-order valence-corrected chi connectivity index (χ1v) is 12.8. The highest BCUT2D eigenvalue weighted by Gasteiger charge is 2.41. The van der Waals surface area contributed by atoms with Crippen LogP contribution in [0.3, 0.4) is 0 Å². The molecule has 33 heavy (non-hydrogen) atoms. The Bertz CT molecular complexity index is 1200. The maximum Gasteiger partial charge on any atom is 0.263 e. The van der Waals surface area contributed by atoms with E-state index < -0.39 is 15.8 Å². The molecule has 1 spiro atoms. The van der Waals surface area contributed by atoms with Gasteiger partial charge in [0.1, 0.15) is 5.75 Å². The fraction of sp³-hybridized carbons (Fsp3) is 0.350. The molecule has 2 bridgehead atoms. The lowest BCUT2D eigenvalue weighted by Gasteiger charge is -2.41. The lowest BCUT2D eigenvalue weighted by Crippen LogP contribution is -2.47. The Morgan fingerprint density at radius 1 is 1.12 bits per heavy atom. The van der Waals surface area contributed by atoms with E-state index >= 15 is 0 Å². The molecule has 1 aliphatic carbocycles. The minimum atomic E-state index is -4.02. The molecule has 5 radical (unpaired) electrons. The fourth-order valence-corrected chi connectivity index (χ4v) is 6.12. The van der Waals surface area contributed by atoms with Crippen molar-refractivity contribution in [3.63, 3.8) is 0 Å². The summed E-state index contributed by atoms with van der Waals surface area (Å²) in [5.74, 6) is -0.0676. The number of aryl methyl sites for hydroxylation is 1. The van der Waals surface area contributed by atoms with Crippen LogP contribution >= 0.6 is 11.6 Å². The fourth-order valence-electron chi connectivity index (χ4n) is 4.96. The normalized spacial score (nSPS) is 23.7. The summed E-state index contributed by atoms with van der Waals surface area (Å²) in [5, 5.41) is 0.731. The van der Waals surface area contributed by atoms with Gasteiger partial charge in [0.2, 0.25) is 0 Å². The molecule has 2 heterocycles. The van der Waals surface area contributed by atoms with Crippen LogP contribution in [0.4, 0.5) is 10.5 Å². The lowest BCUT2D eigenvalue weighted by atomic mass is 9.01. The van der Waals surface area contributed by atoms with Gasteiger partial charge in [-0.3, -0.25) is 9.52 Å². The molecule has 0 fully saturated rings. The van der Waals surface area contributed by atoms with Crippen molar-refractivity contribution in [3.05, 3.63) is 52.5 Å². The third-order valence-electron chi connectivity index (χ3n) is 6.49. The average molecular weight is 473 g/mol. The number of ether oxygens (including phenoxy) is 1. The second-order valence-corrected chi connectivity index (χ2v) is 10.8. The summed E-state index contributed by atoms with van der Waals surface area (Å²) in [6.07, 6.45) is 3.54. The highest BCUT2D eigenvalue weighted by atomic mass is 35.5. The molecule has 13 heteroatoms. The van der Waals surface area contributed by atoms with Crippen LogP contribution in [0.5, 0.6) is 5.75 Å². The summed E-state index contributed by atoms with van der Waals surface area (Å²) < 4.78 is 34.1. The van der Waals surface area contributed by atoms with Gasteiger partial charge in [0, 0.05) is 38.2 Å². The van der Waals surface area contributed by atoms with Crippen molar-refractivity contribution in [2.45, 2.75) is 29.6 Å². The Hall–Kier alpha value is -1.93. The summed E-state index contributed by atoms with van der Waals surface area (Å²) in [4.78, 5) is 14.2. The lowest BCUT2D eigenvalue weighted by molar-refractivity contribution is 0.207. The number of sulfonamides is 1. The molecular formula is C20H19B5ClN2O4S. The molecule has 1 N–H and O–H groups in total. The number of amides is 1. The summed E-state index contributed by atoms with van der Waals surface area (Å²) in [6.45, 7) is 1.16.